The number of carboxylic acids is 1. The standard InChI is InChI=1S/C14H18FNO4/c1-9(20-11-6-4-10(15)5-7-11)12(17)16-8-14(2,3)13(18)19/h4-7,9H,8H2,1-3H3,(H,16,17)(H,18,19). The van der Waals surface area contributed by atoms with Crippen LogP contribution < -0.4 is 10.1 Å². The predicted molar refractivity (Wildman–Crippen MR) is 70.9 cm³/mol. The quantitative estimate of drug-likeness (QED) is 0.835. The normalized spacial score (nSPS) is 12.6. The second kappa shape index (κ2) is 6.36. The Bertz CT molecular complexity index is 484. The van der Waals surface area contributed by atoms with E-state index in [1.165, 1.54) is 45.0 Å². The Balaban J connectivity index is 2.51. The first kappa shape index (κ1) is 15.9. The fraction of sp³-hybridized carbons (Fsp3) is 0.429. The van der Waals surface area contributed by atoms with Gasteiger partial charge in [-0.15, -0.1) is 0 Å². The lowest BCUT2D eigenvalue weighted by Gasteiger charge is -2.21. The SMILES string of the molecule is CC(Oc1ccc(F)cc1)C(=O)NCC(C)(C)C(=O)O. The van der Waals surface area contributed by atoms with E-state index >= 15 is 0 Å². The van der Waals surface area contributed by atoms with Crippen LogP contribution in [0.4, 0.5) is 4.39 Å². The first-order valence-electron chi connectivity index (χ1n) is 6.16. The molecule has 1 rings (SSSR count). The summed E-state index contributed by atoms with van der Waals surface area (Å²) < 4.78 is 18.1. The lowest BCUT2D eigenvalue weighted by molar-refractivity contribution is -0.147. The van der Waals surface area contributed by atoms with Gasteiger partial charge in [0.15, 0.2) is 6.10 Å². The minimum Gasteiger partial charge on any atom is -0.481 e. The molecule has 1 amide bonds. The van der Waals surface area contributed by atoms with E-state index in [4.69, 9.17) is 9.84 Å². The maximum atomic E-state index is 12.7. The average molecular weight is 283 g/mol. The molecule has 5 nitrogen and oxygen atoms in total. The van der Waals surface area contributed by atoms with E-state index in [1.807, 2.05) is 0 Å². The van der Waals surface area contributed by atoms with Gasteiger partial charge in [0, 0.05) is 6.54 Å². The van der Waals surface area contributed by atoms with Crippen LogP contribution in [-0.2, 0) is 9.59 Å². The number of hydrogen-bond acceptors (Lipinski definition) is 3. The molecular weight excluding hydrogens is 265 g/mol. The molecule has 6 heteroatoms. The molecular formula is C14H18FNO4. The van der Waals surface area contributed by atoms with Gasteiger partial charge in [0.05, 0.1) is 5.41 Å². The minimum atomic E-state index is -1.05. The van der Waals surface area contributed by atoms with Crippen LogP contribution in [0.25, 0.3) is 0 Å². The van der Waals surface area contributed by atoms with Crippen molar-refractivity contribution in [1.82, 2.24) is 5.32 Å². The van der Waals surface area contributed by atoms with E-state index in [2.05, 4.69) is 5.32 Å². The highest BCUT2D eigenvalue weighted by atomic mass is 19.1. The van der Waals surface area contributed by atoms with Gasteiger partial charge in [0.25, 0.3) is 5.91 Å². The summed E-state index contributed by atoms with van der Waals surface area (Å²) in [5.74, 6) is -1.45. The zero-order valence-electron chi connectivity index (χ0n) is 11.6. The molecule has 0 fully saturated rings. The summed E-state index contributed by atoms with van der Waals surface area (Å²) in [5, 5.41) is 11.5. The first-order chi connectivity index (χ1) is 9.22. The summed E-state index contributed by atoms with van der Waals surface area (Å²) in [5.41, 5.74) is -1.05. The molecule has 0 saturated carbocycles. The number of carbonyl (C=O) groups is 2. The van der Waals surface area contributed by atoms with Gasteiger partial charge in [0.1, 0.15) is 11.6 Å². The molecule has 0 aliphatic heterocycles. The summed E-state index contributed by atoms with van der Waals surface area (Å²) >= 11 is 0. The van der Waals surface area contributed by atoms with Crippen LogP contribution in [0.15, 0.2) is 24.3 Å². The number of aliphatic carboxylic acids is 1. The number of benzene rings is 1. The van der Waals surface area contributed by atoms with E-state index in [0.29, 0.717) is 5.75 Å². The zero-order valence-corrected chi connectivity index (χ0v) is 11.6. The molecule has 0 spiro atoms. The molecule has 1 unspecified atom stereocenters. The molecule has 0 heterocycles. The zero-order chi connectivity index (χ0) is 15.3. The highest BCUT2D eigenvalue weighted by Crippen LogP contribution is 2.15. The van der Waals surface area contributed by atoms with Gasteiger partial charge in [-0.3, -0.25) is 9.59 Å². The molecule has 0 aliphatic carbocycles. The summed E-state index contributed by atoms with van der Waals surface area (Å²) in [7, 11) is 0. The lowest BCUT2D eigenvalue weighted by Crippen LogP contribution is -2.43. The molecule has 110 valence electrons. The molecule has 0 aliphatic rings. The summed E-state index contributed by atoms with van der Waals surface area (Å²) in [4.78, 5) is 22.7. The Hall–Kier alpha value is -2.11. The van der Waals surface area contributed by atoms with Gasteiger partial charge in [-0.05, 0) is 45.0 Å². The molecule has 20 heavy (non-hydrogen) atoms. The summed E-state index contributed by atoms with van der Waals surface area (Å²) in [6.45, 7) is 4.56. The number of amides is 1. The fourth-order valence-electron chi connectivity index (χ4n) is 1.30. The lowest BCUT2D eigenvalue weighted by atomic mass is 9.94. The maximum absolute atomic E-state index is 12.7. The van der Waals surface area contributed by atoms with Crippen molar-refractivity contribution in [2.45, 2.75) is 26.9 Å². The van der Waals surface area contributed by atoms with Gasteiger partial charge in [-0.1, -0.05) is 0 Å². The van der Waals surface area contributed by atoms with E-state index in [-0.39, 0.29) is 6.54 Å². The van der Waals surface area contributed by atoms with Crippen molar-refractivity contribution < 1.29 is 23.8 Å². The smallest absolute Gasteiger partial charge is 0.310 e. The Morgan fingerprint density at radius 2 is 1.90 bits per heavy atom. The van der Waals surface area contributed by atoms with E-state index in [0.717, 1.165) is 0 Å². The highest BCUT2D eigenvalue weighted by molar-refractivity contribution is 5.82. The van der Waals surface area contributed by atoms with Crippen molar-refractivity contribution in [2.24, 2.45) is 5.41 Å². The Labute approximate surface area is 116 Å². The summed E-state index contributed by atoms with van der Waals surface area (Å²) in [6.07, 6.45) is -0.801. The highest BCUT2D eigenvalue weighted by Gasteiger charge is 2.28. The van der Waals surface area contributed by atoms with Gasteiger partial charge in [-0.25, -0.2) is 4.39 Å². The van der Waals surface area contributed by atoms with Gasteiger partial charge in [-0.2, -0.15) is 0 Å². The first-order valence-corrected chi connectivity index (χ1v) is 6.16. The molecule has 0 saturated heterocycles. The van der Waals surface area contributed by atoms with Crippen molar-refractivity contribution >= 4 is 11.9 Å². The third-order valence-electron chi connectivity index (χ3n) is 2.78. The van der Waals surface area contributed by atoms with E-state index in [1.54, 1.807) is 0 Å². The Kier molecular flexibility index (Phi) is 5.07. The van der Waals surface area contributed by atoms with Crippen LogP contribution in [-0.4, -0.2) is 29.6 Å². The van der Waals surface area contributed by atoms with Crippen molar-refractivity contribution in [1.29, 1.82) is 0 Å². The van der Waals surface area contributed by atoms with Crippen LogP contribution in [0.2, 0.25) is 0 Å². The second-order valence-corrected chi connectivity index (χ2v) is 5.12. The van der Waals surface area contributed by atoms with Crippen LogP contribution >= 0.6 is 0 Å². The van der Waals surface area contributed by atoms with Gasteiger partial charge in [0.2, 0.25) is 0 Å². The number of halogens is 1. The molecule has 1 atom stereocenters. The monoisotopic (exact) mass is 283 g/mol. The average Bonchev–Trinajstić information content (AvgIpc) is 2.38. The number of carbonyl (C=O) groups excluding carboxylic acids is 1. The number of ether oxygens (including phenoxy) is 1. The largest absolute Gasteiger partial charge is 0.481 e. The fourth-order valence-corrected chi connectivity index (χ4v) is 1.30. The number of rotatable bonds is 6. The molecule has 0 aromatic heterocycles. The number of carboxylic acid groups (broad SMARTS) is 1. The molecule has 0 radical (unpaired) electrons. The van der Waals surface area contributed by atoms with Crippen molar-refractivity contribution in [3.63, 3.8) is 0 Å². The molecule has 2 N–H and O–H groups in total. The molecule has 0 bridgehead atoms. The third-order valence-corrected chi connectivity index (χ3v) is 2.78. The topological polar surface area (TPSA) is 75.6 Å². The third kappa shape index (κ3) is 4.53. The minimum absolute atomic E-state index is 0.00170. The van der Waals surface area contributed by atoms with Gasteiger partial charge < -0.3 is 15.2 Å². The number of nitrogens with one attached hydrogen (secondary N) is 1. The van der Waals surface area contributed by atoms with E-state index in [9.17, 15) is 14.0 Å². The molecule has 1 aromatic rings. The molecule has 1 aromatic carbocycles. The predicted octanol–water partition coefficient (Wildman–Crippen LogP) is 1.82. The van der Waals surface area contributed by atoms with Crippen LogP contribution in [0.1, 0.15) is 20.8 Å². The van der Waals surface area contributed by atoms with Crippen LogP contribution in [0, 0.1) is 11.2 Å². The Morgan fingerprint density at radius 3 is 2.40 bits per heavy atom. The second-order valence-electron chi connectivity index (χ2n) is 5.12. The number of hydrogen-bond donors (Lipinski definition) is 2. The van der Waals surface area contributed by atoms with Crippen molar-refractivity contribution in [3.05, 3.63) is 30.1 Å². The van der Waals surface area contributed by atoms with Crippen molar-refractivity contribution in [2.75, 3.05) is 6.54 Å². The van der Waals surface area contributed by atoms with Crippen molar-refractivity contribution in [3.8, 4) is 5.75 Å². The maximum Gasteiger partial charge on any atom is 0.310 e. The Morgan fingerprint density at radius 1 is 1.35 bits per heavy atom. The van der Waals surface area contributed by atoms with E-state index < -0.39 is 29.2 Å². The van der Waals surface area contributed by atoms with Gasteiger partial charge >= 0.3 is 5.97 Å². The van der Waals surface area contributed by atoms with Crippen LogP contribution in [0.5, 0.6) is 5.75 Å². The van der Waals surface area contributed by atoms with Crippen LogP contribution in [0.3, 0.4) is 0 Å². The summed E-state index contributed by atoms with van der Waals surface area (Å²) in [6, 6.07) is 5.29.